The fourth-order valence-corrected chi connectivity index (χ4v) is 1.80. The highest BCUT2D eigenvalue weighted by Crippen LogP contribution is 2.10. The molecule has 0 heterocycles. The smallest absolute Gasteiger partial charge is 0.408 e. The lowest BCUT2D eigenvalue weighted by Crippen LogP contribution is -2.46. The van der Waals surface area contributed by atoms with Gasteiger partial charge < -0.3 is 19.9 Å². The van der Waals surface area contributed by atoms with Crippen molar-refractivity contribution in [3.05, 3.63) is 35.9 Å². The molecule has 2 atom stereocenters. The molecule has 7 nitrogen and oxygen atoms in total. The van der Waals surface area contributed by atoms with Crippen LogP contribution < -0.4 is 5.32 Å². The predicted octanol–water partition coefficient (Wildman–Crippen LogP) is 2.14. The first-order valence-corrected chi connectivity index (χ1v) is 7.55. The average Bonchev–Trinajstić information content (AvgIpc) is 2.45. The molecule has 1 amide bonds. The van der Waals surface area contributed by atoms with E-state index in [9.17, 15) is 14.4 Å². The molecule has 132 valence electrons. The molecule has 1 rings (SSSR count). The number of carboxylic acid groups (broad SMARTS) is 1. The Hall–Kier alpha value is -2.57. The first-order chi connectivity index (χ1) is 11.1. The van der Waals surface area contributed by atoms with Gasteiger partial charge in [-0.1, -0.05) is 30.3 Å². The van der Waals surface area contributed by atoms with Crippen LogP contribution in [0.25, 0.3) is 0 Å². The fourth-order valence-electron chi connectivity index (χ4n) is 1.80. The maximum Gasteiger partial charge on any atom is 0.408 e. The minimum Gasteiger partial charge on any atom is -0.479 e. The van der Waals surface area contributed by atoms with Gasteiger partial charge in [-0.15, -0.1) is 0 Å². The Morgan fingerprint density at radius 1 is 1.17 bits per heavy atom. The number of amides is 1. The molecule has 24 heavy (non-hydrogen) atoms. The van der Waals surface area contributed by atoms with Crippen LogP contribution in [0.3, 0.4) is 0 Å². The Kier molecular flexibility index (Phi) is 6.76. The van der Waals surface area contributed by atoms with E-state index in [1.54, 1.807) is 45.0 Å². The summed E-state index contributed by atoms with van der Waals surface area (Å²) in [5, 5.41) is 11.3. The number of carbonyl (C=O) groups is 3. The van der Waals surface area contributed by atoms with Gasteiger partial charge in [-0.2, -0.15) is 0 Å². The van der Waals surface area contributed by atoms with Gasteiger partial charge in [0, 0.05) is 6.42 Å². The molecule has 0 fully saturated rings. The van der Waals surface area contributed by atoms with Crippen LogP contribution in [0.15, 0.2) is 30.3 Å². The van der Waals surface area contributed by atoms with Gasteiger partial charge in [-0.25, -0.2) is 14.4 Å². The maximum atomic E-state index is 12.2. The Balaban J connectivity index is 2.84. The Bertz CT molecular complexity index is 578. The lowest BCUT2D eigenvalue weighted by Gasteiger charge is -2.23. The van der Waals surface area contributed by atoms with Crippen LogP contribution in [0.5, 0.6) is 0 Å². The molecular weight excluding hydrogens is 314 g/mol. The number of carbonyl (C=O) groups excluding carboxylic acids is 2. The molecule has 0 spiro atoms. The van der Waals surface area contributed by atoms with Gasteiger partial charge in [-0.3, -0.25) is 0 Å². The summed E-state index contributed by atoms with van der Waals surface area (Å²) in [6.07, 6.45) is -1.93. The first-order valence-electron chi connectivity index (χ1n) is 7.55. The van der Waals surface area contributed by atoms with E-state index in [2.05, 4.69) is 5.32 Å². The minimum atomic E-state index is -1.31. The molecule has 0 saturated carbocycles. The number of hydrogen-bond acceptors (Lipinski definition) is 5. The van der Waals surface area contributed by atoms with Gasteiger partial charge in [0.05, 0.1) is 0 Å². The van der Waals surface area contributed by atoms with Crippen LogP contribution in [0.2, 0.25) is 0 Å². The van der Waals surface area contributed by atoms with E-state index in [1.807, 2.05) is 6.07 Å². The second-order valence-electron chi connectivity index (χ2n) is 6.31. The van der Waals surface area contributed by atoms with Crippen molar-refractivity contribution in [3.8, 4) is 0 Å². The maximum absolute atomic E-state index is 12.2. The molecule has 0 aliphatic heterocycles. The summed E-state index contributed by atoms with van der Waals surface area (Å²) in [5.74, 6) is -2.10. The number of nitrogens with one attached hydrogen (secondary N) is 1. The standard InChI is InChI=1S/C17H23NO6/c1-11(14(19)20)23-15(21)13(10-12-8-6-5-7-9-12)18-16(22)24-17(2,3)4/h5-9,11,13H,10H2,1-4H3,(H,18,22)(H,19,20). The lowest BCUT2D eigenvalue weighted by atomic mass is 10.1. The van der Waals surface area contributed by atoms with Gasteiger partial charge >= 0.3 is 18.0 Å². The van der Waals surface area contributed by atoms with E-state index >= 15 is 0 Å². The van der Waals surface area contributed by atoms with E-state index in [4.69, 9.17) is 14.6 Å². The summed E-state index contributed by atoms with van der Waals surface area (Å²) in [7, 11) is 0. The minimum absolute atomic E-state index is 0.158. The van der Waals surface area contributed by atoms with Crippen molar-refractivity contribution in [2.24, 2.45) is 0 Å². The number of esters is 1. The van der Waals surface area contributed by atoms with Gasteiger partial charge in [0.25, 0.3) is 0 Å². The zero-order valence-electron chi connectivity index (χ0n) is 14.2. The fraction of sp³-hybridized carbons (Fsp3) is 0.471. The third-order valence-electron chi connectivity index (χ3n) is 2.90. The van der Waals surface area contributed by atoms with Crippen molar-refractivity contribution in [1.29, 1.82) is 0 Å². The number of benzene rings is 1. The predicted molar refractivity (Wildman–Crippen MR) is 86.5 cm³/mol. The zero-order valence-corrected chi connectivity index (χ0v) is 14.2. The summed E-state index contributed by atoms with van der Waals surface area (Å²) in [6, 6.07) is 7.94. The van der Waals surface area contributed by atoms with Crippen LogP contribution in [0.1, 0.15) is 33.3 Å². The van der Waals surface area contributed by atoms with Crippen molar-refractivity contribution in [1.82, 2.24) is 5.32 Å². The Labute approximate surface area is 141 Å². The second kappa shape index (κ2) is 8.33. The summed E-state index contributed by atoms with van der Waals surface area (Å²) >= 11 is 0. The number of rotatable bonds is 6. The molecular formula is C17H23NO6. The lowest BCUT2D eigenvalue weighted by molar-refractivity contribution is -0.164. The number of carboxylic acids is 1. The van der Waals surface area contributed by atoms with Gasteiger partial charge in [-0.05, 0) is 33.3 Å². The highest BCUT2D eigenvalue weighted by Gasteiger charge is 2.28. The van der Waals surface area contributed by atoms with E-state index < -0.39 is 35.8 Å². The summed E-state index contributed by atoms with van der Waals surface area (Å²) in [5.41, 5.74) is 0.0677. The van der Waals surface area contributed by atoms with Crippen molar-refractivity contribution in [2.45, 2.75) is 51.9 Å². The molecule has 2 unspecified atom stereocenters. The third kappa shape index (κ3) is 7.13. The molecule has 0 bridgehead atoms. The van der Waals surface area contributed by atoms with E-state index in [1.165, 1.54) is 6.92 Å². The summed E-state index contributed by atoms with van der Waals surface area (Å²) in [4.78, 5) is 35.0. The Morgan fingerprint density at radius 3 is 2.25 bits per heavy atom. The normalized spacial score (nSPS) is 13.5. The van der Waals surface area contributed by atoms with Crippen molar-refractivity contribution >= 4 is 18.0 Å². The number of hydrogen-bond donors (Lipinski definition) is 2. The quantitative estimate of drug-likeness (QED) is 0.771. The molecule has 1 aromatic rings. The topological polar surface area (TPSA) is 102 Å². The summed E-state index contributed by atoms with van der Waals surface area (Å²) < 4.78 is 10.0. The van der Waals surface area contributed by atoms with Gasteiger partial charge in [0.1, 0.15) is 11.6 Å². The Morgan fingerprint density at radius 2 is 1.75 bits per heavy atom. The number of aliphatic carboxylic acids is 1. The average molecular weight is 337 g/mol. The van der Waals surface area contributed by atoms with Gasteiger partial charge in [0.15, 0.2) is 6.10 Å². The SMILES string of the molecule is CC(OC(=O)C(Cc1ccccc1)NC(=O)OC(C)(C)C)C(=O)O. The van der Waals surface area contributed by atoms with Crippen molar-refractivity contribution < 1.29 is 29.0 Å². The monoisotopic (exact) mass is 337 g/mol. The van der Waals surface area contributed by atoms with E-state index in [0.717, 1.165) is 5.56 Å². The molecule has 0 aliphatic carbocycles. The highest BCUT2D eigenvalue weighted by molar-refractivity contribution is 5.84. The second-order valence-corrected chi connectivity index (χ2v) is 6.31. The zero-order chi connectivity index (χ0) is 18.3. The van der Waals surface area contributed by atoms with Crippen molar-refractivity contribution in [3.63, 3.8) is 0 Å². The van der Waals surface area contributed by atoms with Crippen LogP contribution in [0, 0.1) is 0 Å². The van der Waals surface area contributed by atoms with Crippen molar-refractivity contribution in [2.75, 3.05) is 0 Å². The molecule has 0 aliphatic rings. The largest absolute Gasteiger partial charge is 0.479 e. The molecule has 7 heteroatoms. The van der Waals surface area contributed by atoms with Crippen LogP contribution in [-0.4, -0.2) is 40.9 Å². The van der Waals surface area contributed by atoms with Gasteiger partial charge in [0.2, 0.25) is 0 Å². The number of alkyl carbamates (subject to hydrolysis) is 1. The molecule has 0 aromatic heterocycles. The highest BCUT2D eigenvalue weighted by atomic mass is 16.6. The van der Waals surface area contributed by atoms with Crippen LogP contribution >= 0.6 is 0 Å². The molecule has 2 N–H and O–H groups in total. The summed E-state index contributed by atoms with van der Waals surface area (Å²) in [6.45, 7) is 6.34. The van der Waals surface area contributed by atoms with Crippen LogP contribution in [-0.2, 0) is 25.5 Å². The third-order valence-corrected chi connectivity index (χ3v) is 2.90. The number of ether oxygens (including phenoxy) is 2. The van der Waals surface area contributed by atoms with Crippen LogP contribution in [0.4, 0.5) is 4.79 Å². The first kappa shape index (κ1) is 19.5. The molecule has 1 aromatic carbocycles. The van der Waals surface area contributed by atoms with E-state index in [-0.39, 0.29) is 6.42 Å². The van der Waals surface area contributed by atoms with E-state index in [0.29, 0.717) is 0 Å². The molecule has 0 saturated heterocycles. The molecule has 0 radical (unpaired) electrons.